The Labute approximate surface area is 137 Å². The van der Waals surface area contributed by atoms with Crippen LogP contribution in [0.15, 0.2) is 46.9 Å². The van der Waals surface area contributed by atoms with E-state index in [1.807, 2.05) is 12.1 Å². The number of rotatable bonds is 4. The van der Waals surface area contributed by atoms with E-state index in [2.05, 4.69) is 31.9 Å². The Morgan fingerprint density at radius 3 is 2.24 bits per heavy atom. The van der Waals surface area contributed by atoms with Crippen molar-refractivity contribution in [3.63, 3.8) is 0 Å². The second-order valence-corrected chi connectivity index (χ2v) is 5.79. The molecule has 0 aliphatic rings. The molecule has 2 aromatic carbocycles. The number of benzene rings is 2. The Kier molecular flexibility index (Phi) is 5.32. The van der Waals surface area contributed by atoms with Gasteiger partial charge in [-0.2, -0.15) is 13.2 Å². The van der Waals surface area contributed by atoms with Crippen LogP contribution in [0.5, 0.6) is 5.75 Å². The summed E-state index contributed by atoms with van der Waals surface area (Å²) in [6.45, 7) is 0.224. The van der Waals surface area contributed by atoms with Gasteiger partial charge in [-0.15, -0.1) is 0 Å². The van der Waals surface area contributed by atoms with E-state index >= 15 is 0 Å². The molecule has 0 fully saturated rings. The molecule has 0 saturated heterocycles. The third kappa shape index (κ3) is 4.48. The van der Waals surface area contributed by atoms with E-state index in [1.165, 1.54) is 12.1 Å². The summed E-state index contributed by atoms with van der Waals surface area (Å²) < 4.78 is 43.9. The molecule has 0 heterocycles. The van der Waals surface area contributed by atoms with Gasteiger partial charge in [0.15, 0.2) is 0 Å². The largest absolute Gasteiger partial charge is 0.489 e. The predicted octanol–water partition coefficient (Wildman–Crippen LogP) is 5.94. The summed E-state index contributed by atoms with van der Waals surface area (Å²) in [5, 5.41) is 0.686. The van der Waals surface area contributed by atoms with Crippen LogP contribution in [0.25, 0.3) is 0 Å². The number of hydrogen-bond donors (Lipinski definition) is 0. The number of hydrogen-bond acceptors (Lipinski definition) is 1. The highest BCUT2D eigenvalue weighted by Gasteiger charge is 2.29. The maximum absolute atomic E-state index is 12.5. The first kappa shape index (κ1) is 16.4. The van der Waals surface area contributed by atoms with Gasteiger partial charge in [-0.3, -0.25) is 0 Å². The average molecular weight is 424 g/mol. The van der Waals surface area contributed by atoms with E-state index in [4.69, 9.17) is 4.74 Å². The van der Waals surface area contributed by atoms with Gasteiger partial charge >= 0.3 is 6.18 Å². The summed E-state index contributed by atoms with van der Waals surface area (Å²) in [6, 6.07) is 10.5. The van der Waals surface area contributed by atoms with Crippen molar-refractivity contribution in [2.24, 2.45) is 0 Å². The maximum Gasteiger partial charge on any atom is 0.416 e. The minimum atomic E-state index is -4.31. The van der Waals surface area contributed by atoms with Crippen LogP contribution in [0.3, 0.4) is 0 Å². The Bertz CT molecular complexity index is 609. The lowest BCUT2D eigenvalue weighted by Gasteiger charge is -2.10. The summed E-state index contributed by atoms with van der Waals surface area (Å²) in [5.74, 6) is 0.674. The molecule has 0 radical (unpaired) electrons. The summed E-state index contributed by atoms with van der Waals surface area (Å²) in [7, 11) is 0. The van der Waals surface area contributed by atoms with Crippen LogP contribution in [0.4, 0.5) is 13.2 Å². The smallest absolute Gasteiger partial charge is 0.416 e. The fraction of sp³-hybridized carbons (Fsp3) is 0.200. The topological polar surface area (TPSA) is 9.23 Å². The average Bonchev–Trinajstić information content (AvgIpc) is 2.46. The van der Waals surface area contributed by atoms with Crippen LogP contribution in [-0.2, 0) is 18.1 Å². The van der Waals surface area contributed by atoms with Gasteiger partial charge < -0.3 is 4.74 Å². The molecule has 2 aromatic rings. The first-order valence-corrected chi connectivity index (χ1v) is 7.95. The van der Waals surface area contributed by atoms with Gasteiger partial charge in [0, 0.05) is 9.80 Å². The molecule has 2 rings (SSSR count). The van der Waals surface area contributed by atoms with Crippen molar-refractivity contribution in [2.75, 3.05) is 0 Å². The second-order valence-electron chi connectivity index (χ2n) is 4.37. The molecule has 0 N–H and O–H groups in total. The van der Waals surface area contributed by atoms with Crippen molar-refractivity contribution in [3.8, 4) is 5.75 Å². The molecule has 0 aromatic heterocycles. The SMILES string of the molecule is FC(F)(F)c1ccc(COc2ccc(Br)c(CBr)c2)cc1. The lowest BCUT2D eigenvalue weighted by Crippen LogP contribution is -2.05. The quantitative estimate of drug-likeness (QED) is 0.552. The van der Waals surface area contributed by atoms with E-state index in [1.54, 1.807) is 6.07 Å². The van der Waals surface area contributed by atoms with Gasteiger partial charge in [-0.25, -0.2) is 0 Å². The Balaban J connectivity index is 2.03. The molecule has 0 aliphatic carbocycles. The third-order valence-electron chi connectivity index (χ3n) is 2.85. The van der Waals surface area contributed by atoms with Gasteiger partial charge in [-0.1, -0.05) is 44.0 Å². The first-order chi connectivity index (χ1) is 9.90. The van der Waals surface area contributed by atoms with Crippen molar-refractivity contribution in [1.82, 2.24) is 0 Å². The van der Waals surface area contributed by atoms with E-state index in [0.29, 0.717) is 16.6 Å². The summed E-state index contributed by atoms with van der Waals surface area (Å²) in [6.07, 6.45) is -4.31. The van der Waals surface area contributed by atoms with Gasteiger partial charge in [0.25, 0.3) is 0 Å². The van der Waals surface area contributed by atoms with Crippen molar-refractivity contribution >= 4 is 31.9 Å². The molecule has 0 spiro atoms. The van der Waals surface area contributed by atoms with Crippen molar-refractivity contribution in [3.05, 3.63) is 63.6 Å². The molecule has 0 atom stereocenters. The Hall–Kier alpha value is -1.01. The molecule has 0 bridgehead atoms. The highest BCUT2D eigenvalue weighted by molar-refractivity contribution is 9.10. The fourth-order valence-corrected chi connectivity index (χ4v) is 2.93. The fourth-order valence-electron chi connectivity index (χ4n) is 1.70. The second kappa shape index (κ2) is 6.83. The van der Waals surface area contributed by atoms with Crippen LogP contribution in [0, 0.1) is 0 Å². The van der Waals surface area contributed by atoms with Gasteiger partial charge in [0.05, 0.1) is 5.56 Å². The van der Waals surface area contributed by atoms with Gasteiger partial charge in [0.2, 0.25) is 0 Å². The monoisotopic (exact) mass is 422 g/mol. The van der Waals surface area contributed by atoms with E-state index < -0.39 is 11.7 Å². The Morgan fingerprint density at radius 2 is 1.67 bits per heavy atom. The minimum absolute atomic E-state index is 0.224. The van der Waals surface area contributed by atoms with Crippen LogP contribution >= 0.6 is 31.9 Å². The minimum Gasteiger partial charge on any atom is -0.489 e. The van der Waals surface area contributed by atoms with Crippen LogP contribution in [0.2, 0.25) is 0 Å². The van der Waals surface area contributed by atoms with Gasteiger partial charge in [0.1, 0.15) is 12.4 Å². The van der Waals surface area contributed by atoms with Crippen LogP contribution in [-0.4, -0.2) is 0 Å². The molecule has 0 aliphatic heterocycles. The lowest BCUT2D eigenvalue weighted by atomic mass is 10.1. The maximum atomic E-state index is 12.5. The molecule has 6 heteroatoms. The molecule has 0 unspecified atom stereocenters. The van der Waals surface area contributed by atoms with E-state index in [-0.39, 0.29) is 6.61 Å². The zero-order valence-corrected chi connectivity index (χ0v) is 13.9. The lowest BCUT2D eigenvalue weighted by molar-refractivity contribution is -0.137. The van der Waals surface area contributed by atoms with Crippen LogP contribution < -0.4 is 4.74 Å². The van der Waals surface area contributed by atoms with Crippen molar-refractivity contribution in [1.29, 1.82) is 0 Å². The Morgan fingerprint density at radius 1 is 1.00 bits per heavy atom. The first-order valence-electron chi connectivity index (χ1n) is 6.03. The summed E-state index contributed by atoms with van der Waals surface area (Å²) >= 11 is 6.79. The molecular weight excluding hydrogens is 413 g/mol. The molecule has 21 heavy (non-hydrogen) atoms. The highest BCUT2D eigenvalue weighted by Crippen LogP contribution is 2.29. The standard InChI is InChI=1S/C15H11Br2F3O/c16-8-11-7-13(5-6-14(11)17)21-9-10-1-3-12(4-2-10)15(18,19)20/h1-7H,8-9H2. The van der Waals surface area contributed by atoms with E-state index in [0.717, 1.165) is 22.2 Å². The normalized spacial score (nSPS) is 11.5. The number of alkyl halides is 4. The molecule has 1 nitrogen and oxygen atoms in total. The summed E-state index contributed by atoms with van der Waals surface area (Å²) in [4.78, 5) is 0. The predicted molar refractivity (Wildman–Crippen MR) is 82.5 cm³/mol. The highest BCUT2D eigenvalue weighted by atomic mass is 79.9. The van der Waals surface area contributed by atoms with Crippen molar-refractivity contribution in [2.45, 2.75) is 18.1 Å². The number of ether oxygens (including phenoxy) is 1. The zero-order valence-electron chi connectivity index (χ0n) is 10.8. The van der Waals surface area contributed by atoms with Gasteiger partial charge in [-0.05, 0) is 41.5 Å². The molecule has 0 saturated carbocycles. The zero-order chi connectivity index (χ0) is 15.5. The van der Waals surface area contributed by atoms with E-state index in [9.17, 15) is 13.2 Å². The molecule has 0 amide bonds. The summed E-state index contributed by atoms with van der Waals surface area (Å²) in [5.41, 5.74) is 1.07. The van der Waals surface area contributed by atoms with Crippen LogP contribution in [0.1, 0.15) is 16.7 Å². The number of halogens is 5. The molecular formula is C15H11Br2F3O. The van der Waals surface area contributed by atoms with Crippen molar-refractivity contribution < 1.29 is 17.9 Å². The molecule has 112 valence electrons. The third-order valence-corrected chi connectivity index (χ3v) is 4.23.